The number of ether oxygens (including phenoxy) is 1. The average molecular weight is 505 g/mol. The van der Waals surface area contributed by atoms with E-state index >= 15 is 0 Å². The first-order chi connectivity index (χ1) is 16.1. The van der Waals surface area contributed by atoms with Crippen LogP contribution in [0.2, 0.25) is 0 Å². The Morgan fingerprint density at radius 1 is 0.657 bits per heavy atom. The fourth-order valence-electron chi connectivity index (χ4n) is 4.52. The normalized spacial score (nSPS) is 11.3. The summed E-state index contributed by atoms with van der Waals surface area (Å²) in [6, 6.07) is 0. The Morgan fingerprint density at radius 2 is 1.03 bits per heavy atom. The molecule has 0 aliphatic rings. The Labute approximate surface area is 224 Å². The highest BCUT2D eigenvalue weighted by atomic mass is 16.5. The van der Waals surface area contributed by atoms with Crippen LogP contribution in [0.15, 0.2) is 0 Å². The first kappa shape index (κ1) is 44.4. The molecule has 4 nitrogen and oxygen atoms in total. The Morgan fingerprint density at radius 3 is 1.40 bits per heavy atom. The van der Waals surface area contributed by atoms with Gasteiger partial charge in [0.25, 0.3) is 0 Å². The summed E-state index contributed by atoms with van der Waals surface area (Å²) in [5.74, 6) is 0.158. The van der Waals surface area contributed by atoms with Crippen LogP contribution in [0.25, 0.3) is 0 Å². The molecule has 0 bridgehead atoms. The number of amides is 1. The lowest BCUT2D eigenvalue weighted by molar-refractivity contribution is -0.124. The summed E-state index contributed by atoms with van der Waals surface area (Å²) in [5.41, 5.74) is 0.330. The predicted octanol–water partition coefficient (Wildman–Crippen LogP) is 9.13. The Balaban J connectivity index is -0.000000293. The van der Waals surface area contributed by atoms with Gasteiger partial charge in [0.15, 0.2) is 0 Å². The van der Waals surface area contributed by atoms with Crippen LogP contribution >= 0.6 is 0 Å². The van der Waals surface area contributed by atoms with E-state index in [0.29, 0.717) is 13.0 Å². The maximum Gasteiger partial charge on any atom is 0.220 e. The standard InChI is InChI=1S/C22H46N2O2.C3H8.3C2H6/c1-11-26-17-22(8,9)14-21(6,7)16-24-18(25)12-19(2,3)13-20(4,5)15-23-10;1-3-2;3*1-2/h23H,11-17H2,1-10H3,(H,24,25);3H2,1-2H3;3*1-2H3. The monoisotopic (exact) mass is 505 g/mol. The maximum absolute atomic E-state index is 12.5. The smallest absolute Gasteiger partial charge is 0.220 e. The van der Waals surface area contributed by atoms with Crippen LogP contribution in [0.5, 0.6) is 0 Å². The highest BCUT2D eigenvalue weighted by Gasteiger charge is 2.32. The summed E-state index contributed by atoms with van der Waals surface area (Å²) in [6.45, 7) is 39.3. The number of rotatable bonds is 13. The van der Waals surface area contributed by atoms with Gasteiger partial charge in [-0.3, -0.25) is 4.79 Å². The van der Waals surface area contributed by atoms with Gasteiger partial charge in [0.05, 0.1) is 6.61 Å². The molecule has 1 amide bonds. The van der Waals surface area contributed by atoms with Crippen LogP contribution in [0.3, 0.4) is 0 Å². The molecule has 0 heterocycles. The molecule has 0 rings (SSSR count). The number of carbonyl (C=O) groups is 1. The summed E-state index contributed by atoms with van der Waals surface area (Å²) in [5, 5.41) is 6.43. The first-order valence-corrected chi connectivity index (χ1v) is 14.5. The average Bonchev–Trinajstić information content (AvgIpc) is 2.74. The van der Waals surface area contributed by atoms with Gasteiger partial charge in [0, 0.05) is 19.6 Å². The zero-order chi connectivity index (χ0) is 29.4. The summed E-state index contributed by atoms with van der Waals surface area (Å²) in [7, 11) is 1.98. The van der Waals surface area contributed by atoms with Crippen molar-refractivity contribution in [3.05, 3.63) is 0 Å². The van der Waals surface area contributed by atoms with E-state index in [1.54, 1.807) is 0 Å². The third kappa shape index (κ3) is 33.4. The Hall–Kier alpha value is -0.610. The molecule has 0 atom stereocenters. The summed E-state index contributed by atoms with van der Waals surface area (Å²) in [6.07, 6.45) is 3.84. The molecule has 0 fully saturated rings. The second-order valence-corrected chi connectivity index (χ2v) is 11.8. The lowest BCUT2D eigenvalue weighted by Gasteiger charge is -2.36. The minimum Gasteiger partial charge on any atom is -0.381 e. The predicted molar refractivity (Wildman–Crippen MR) is 162 cm³/mol. The quantitative estimate of drug-likeness (QED) is 0.263. The third-order valence-electron chi connectivity index (χ3n) is 4.67. The zero-order valence-electron chi connectivity index (χ0n) is 28.0. The van der Waals surface area contributed by atoms with Crippen molar-refractivity contribution in [2.45, 2.75) is 143 Å². The van der Waals surface area contributed by atoms with Crippen molar-refractivity contribution >= 4 is 5.91 Å². The van der Waals surface area contributed by atoms with E-state index in [4.69, 9.17) is 4.74 Å². The second-order valence-electron chi connectivity index (χ2n) is 11.8. The van der Waals surface area contributed by atoms with Gasteiger partial charge < -0.3 is 15.4 Å². The van der Waals surface area contributed by atoms with E-state index in [0.717, 1.165) is 32.6 Å². The first-order valence-electron chi connectivity index (χ1n) is 14.5. The van der Waals surface area contributed by atoms with Crippen LogP contribution < -0.4 is 10.6 Å². The van der Waals surface area contributed by atoms with Crippen LogP contribution in [-0.4, -0.2) is 39.3 Å². The topological polar surface area (TPSA) is 50.4 Å². The molecule has 0 aromatic heterocycles. The molecule has 0 saturated carbocycles. The van der Waals surface area contributed by atoms with E-state index in [1.807, 2.05) is 55.5 Å². The Bertz CT molecular complexity index is 441. The van der Waals surface area contributed by atoms with Crippen molar-refractivity contribution in [2.24, 2.45) is 21.7 Å². The molecule has 0 unspecified atom stereocenters. The molecule has 35 heavy (non-hydrogen) atoms. The van der Waals surface area contributed by atoms with Crippen molar-refractivity contribution in [1.82, 2.24) is 10.6 Å². The van der Waals surface area contributed by atoms with Crippen LogP contribution in [0.4, 0.5) is 0 Å². The van der Waals surface area contributed by atoms with E-state index < -0.39 is 0 Å². The van der Waals surface area contributed by atoms with Crippen LogP contribution in [0, 0.1) is 21.7 Å². The molecule has 0 aromatic carbocycles. The van der Waals surface area contributed by atoms with Gasteiger partial charge in [-0.15, -0.1) is 0 Å². The van der Waals surface area contributed by atoms with Crippen LogP contribution in [0.1, 0.15) is 143 Å². The van der Waals surface area contributed by atoms with E-state index in [9.17, 15) is 4.79 Å². The van der Waals surface area contributed by atoms with Crippen molar-refractivity contribution in [3.8, 4) is 0 Å². The van der Waals surface area contributed by atoms with Crippen molar-refractivity contribution in [1.29, 1.82) is 0 Å². The maximum atomic E-state index is 12.5. The van der Waals surface area contributed by atoms with Gasteiger partial charge in [0.2, 0.25) is 5.91 Å². The third-order valence-corrected chi connectivity index (χ3v) is 4.67. The molecule has 4 heteroatoms. The SMILES string of the molecule is CC.CC.CC.CCC.CCOCC(C)(C)CC(C)(C)CNC(=O)CC(C)(C)CC(C)(C)CNC. The second kappa shape index (κ2) is 25.1. The van der Waals surface area contributed by atoms with Gasteiger partial charge in [-0.1, -0.05) is 117 Å². The number of nitrogens with one attached hydrogen (secondary N) is 2. The lowest BCUT2D eigenvalue weighted by atomic mass is 9.73. The summed E-state index contributed by atoms with van der Waals surface area (Å²) < 4.78 is 5.61. The molecule has 0 spiro atoms. The van der Waals surface area contributed by atoms with Crippen LogP contribution in [-0.2, 0) is 9.53 Å². The molecule has 0 saturated heterocycles. The van der Waals surface area contributed by atoms with Gasteiger partial charge >= 0.3 is 0 Å². The van der Waals surface area contributed by atoms with Crippen molar-refractivity contribution < 1.29 is 9.53 Å². The fourth-order valence-corrected chi connectivity index (χ4v) is 4.52. The lowest BCUT2D eigenvalue weighted by Crippen LogP contribution is -2.40. The largest absolute Gasteiger partial charge is 0.381 e. The summed E-state index contributed by atoms with van der Waals surface area (Å²) in [4.78, 5) is 12.5. The van der Waals surface area contributed by atoms with Gasteiger partial charge in [-0.2, -0.15) is 0 Å². The number of hydrogen-bond acceptors (Lipinski definition) is 3. The highest BCUT2D eigenvalue weighted by molar-refractivity contribution is 5.76. The molecular weight excluding hydrogens is 432 g/mol. The molecule has 0 aliphatic carbocycles. The molecular formula is C31H72N2O2. The van der Waals surface area contributed by atoms with E-state index in [2.05, 4.69) is 79.9 Å². The van der Waals surface area contributed by atoms with E-state index in [1.165, 1.54) is 6.42 Å². The molecule has 218 valence electrons. The number of carbonyl (C=O) groups excluding carboxylic acids is 1. The minimum absolute atomic E-state index is 0.0111. The highest BCUT2D eigenvalue weighted by Crippen LogP contribution is 2.36. The van der Waals surface area contributed by atoms with Gasteiger partial charge in [-0.25, -0.2) is 0 Å². The minimum atomic E-state index is -0.0111. The molecule has 2 N–H and O–H groups in total. The molecule has 0 aromatic rings. The van der Waals surface area contributed by atoms with Crippen molar-refractivity contribution in [3.63, 3.8) is 0 Å². The molecule has 0 radical (unpaired) electrons. The number of hydrogen-bond donors (Lipinski definition) is 2. The Kier molecular flexibility index (Phi) is 31.8. The molecule has 0 aliphatic heterocycles. The fraction of sp³-hybridized carbons (Fsp3) is 0.968. The van der Waals surface area contributed by atoms with E-state index in [-0.39, 0.29) is 27.6 Å². The summed E-state index contributed by atoms with van der Waals surface area (Å²) >= 11 is 0. The van der Waals surface area contributed by atoms with Gasteiger partial charge in [0.1, 0.15) is 0 Å². The zero-order valence-corrected chi connectivity index (χ0v) is 28.0. The van der Waals surface area contributed by atoms with Gasteiger partial charge in [-0.05, 0) is 55.0 Å². The van der Waals surface area contributed by atoms with Crippen molar-refractivity contribution in [2.75, 3.05) is 33.4 Å².